The van der Waals surface area contributed by atoms with E-state index in [2.05, 4.69) is 31.6 Å². The molecule has 1 aromatic carbocycles. The van der Waals surface area contributed by atoms with E-state index in [4.69, 9.17) is 16.6 Å². The standard InChI is InChI=1S/C23H32N8O7/c1-12-19(35)31-15(6-3-7-26-23(24)25)21(37)28-11-17(32)30-16(9-18(33)34)22(38)27-10-13-4-2-5-14(8-13)20(36)29-12/h2,4-5,8,12,15-16H,3,6-7,9-11H2,1H3,(H,27,38)(H,28,37)(H,29,36)(H,30,32)(H,31,35)(H,33,34)(H4,24,25,26)/t12-,15-,16+/m0/s1. The van der Waals surface area contributed by atoms with Crippen molar-refractivity contribution in [3.8, 4) is 0 Å². The van der Waals surface area contributed by atoms with E-state index in [1.807, 2.05) is 0 Å². The van der Waals surface area contributed by atoms with Crippen LogP contribution in [0.25, 0.3) is 0 Å². The van der Waals surface area contributed by atoms with Gasteiger partial charge >= 0.3 is 5.97 Å². The average molecular weight is 533 g/mol. The minimum Gasteiger partial charge on any atom is -0.481 e. The fourth-order valence-electron chi connectivity index (χ4n) is 3.47. The molecule has 15 heteroatoms. The van der Waals surface area contributed by atoms with Crippen LogP contribution in [0.15, 0.2) is 29.3 Å². The van der Waals surface area contributed by atoms with Gasteiger partial charge in [0.15, 0.2) is 5.96 Å². The Kier molecular flexibility index (Phi) is 11.0. The summed E-state index contributed by atoms with van der Waals surface area (Å²) in [5, 5.41) is 21.4. The molecule has 38 heavy (non-hydrogen) atoms. The molecule has 2 rings (SSSR count). The number of nitrogens with two attached hydrogens (primary N) is 2. The van der Waals surface area contributed by atoms with Crippen LogP contribution in [0.3, 0.4) is 0 Å². The molecule has 0 radical (unpaired) electrons. The normalized spacial score (nSPS) is 21.4. The molecule has 0 unspecified atom stereocenters. The zero-order chi connectivity index (χ0) is 28.2. The van der Waals surface area contributed by atoms with Crippen LogP contribution in [0.4, 0.5) is 0 Å². The van der Waals surface area contributed by atoms with Gasteiger partial charge in [0.05, 0.1) is 13.0 Å². The van der Waals surface area contributed by atoms with E-state index < -0.39 is 66.6 Å². The van der Waals surface area contributed by atoms with Crippen molar-refractivity contribution in [1.29, 1.82) is 0 Å². The molecule has 0 aromatic heterocycles. The van der Waals surface area contributed by atoms with Crippen molar-refractivity contribution >= 4 is 41.5 Å². The molecule has 0 saturated carbocycles. The molecule has 15 nitrogen and oxygen atoms in total. The summed E-state index contributed by atoms with van der Waals surface area (Å²) in [7, 11) is 0. The van der Waals surface area contributed by atoms with Crippen molar-refractivity contribution < 1.29 is 33.9 Å². The van der Waals surface area contributed by atoms with Gasteiger partial charge in [0.25, 0.3) is 5.91 Å². The number of fused-ring (bicyclic) bond motifs is 2. The Labute approximate surface area is 218 Å². The van der Waals surface area contributed by atoms with E-state index in [0.29, 0.717) is 12.0 Å². The van der Waals surface area contributed by atoms with Crippen LogP contribution in [-0.2, 0) is 30.5 Å². The summed E-state index contributed by atoms with van der Waals surface area (Å²) in [6.07, 6.45) is -0.297. The lowest BCUT2D eigenvalue weighted by Gasteiger charge is -2.22. The van der Waals surface area contributed by atoms with Crippen molar-refractivity contribution in [3.63, 3.8) is 0 Å². The molecule has 1 heterocycles. The van der Waals surface area contributed by atoms with Gasteiger partial charge in [-0.1, -0.05) is 12.1 Å². The number of amides is 5. The maximum atomic E-state index is 12.8. The van der Waals surface area contributed by atoms with Gasteiger partial charge in [0.1, 0.15) is 18.1 Å². The van der Waals surface area contributed by atoms with Gasteiger partial charge in [-0.05, 0) is 37.5 Å². The van der Waals surface area contributed by atoms with Gasteiger partial charge in [0.2, 0.25) is 23.6 Å². The third kappa shape index (κ3) is 9.75. The molecule has 1 aliphatic rings. The highest BCUT2D eigenvalue weighted by atomic mass is 16.4. The summed E-state index contributed by atoms with van der Waals surface area (Å²) in [5.74, 6) is -4.96. The number of hydrogen-bond acceptors (Lipinski definition) is 7. The van der Waals surface area contributed by atoms with Crippen LogP contribution in [-0.4, -0.2) is 77.8 Å². The first-order chi connectivity index (χ1) is 18.0. The van der Waals surface area contributed by atoms with Crippen LogP contribution < -0.4 is 38.1 Å². The van der Waals surface area contributed by atoms with Crippen LogP contribution in [0.1, 0.15) is 42.1 Å². The molecular weight excluding hydrogens is 500 g/mol. The number of carbonyl (C=O) groups is 6. The number of aliphatic imine (C=N–C) groups is 1. The lowest BCUT2D eigenvalue weighted by atomic mass is 10.1. The number of aliphatic carboxylic acids is 1. The number of guanidine groups is 1. The smallest absolute Gasteiger partial charge is 0.305 e. The SMILES string of the molecule is C[C@@H]1NC(=O)c2cccc(c2)CNC(=O)[C@@H](CC(=O)O)NC(=O)CNC(=O)[C@H](CCCN=C(N)N)NC1=O. The van der Waals surface area contributed by atoms with E-state index in [9.17, 15) is 28.8 Å². The Morgan fingerprint density at radius 3 is 2.34 bits per heavy atom. The monoisotopic (exact) mass is 532 g/mol. The average Bonchev–Trinajstić information content (AvgIpc) is 2.86. The fourth-order valence-corrected chi connectivity index (χ4v) is 3.47. The van der Waals surface area contributed by atoms with E-state index in [0.717, 1.165) is 0 Å². The van der Waals surface area contributed by atoms with Crippen molar-refractivity contribution in [2.45, 2.75) is 50.9 Å². The predicted octanol–water partition coefficient (Wildman–Crippen LogP) is -2.95. The van der Waals surface area contributed by atoms with Crippen molar-refractivity contribution in [1.82, 2.24) is 26.6 Å². The largest absolute Gasteiger partial charge is 0.481 e. The molecule has 0 fully saturated rings. The third-order valence-electron chi connectivity index (χ3n) is 5.43. The van der Waals surface area contributed by atoms with Crippen molar-refractivity contribution in [2.24, 2.45) is 16.5 Å². The number of carbonyl (C=O) groups excluding carboxylic acids is 5. The third-order valence-corrected chi connectivity index (χ3v) is 5.43. The predicted molar refractivity (Wildman–Crippen MR) is 134 cm³/mol. The van der Waals surface area contributed by atoms with Gasteiger partial charge in [-0.25, -0.2) is 0 Å². The first-order valence-electron chi connectivity index (χ1n) is 11.8. The van der Waals surface area contributed by atoms with Crippen molar-refractivity contribution in [2.75, 3.05) is 13.1 Å². The van der Waals surface area contributed by atoms with Gasteiger partial charge in [-0.2, -0.15) is 0 Å². The van der Waals surface area contributed by atoms with E-state index in [-0.39, 0.29) is 31.0 Å². The summed E-state index contributed by atoms with van der Waals surface area (Å²) in [5.41, 5.74) is 11.3. The maximum absolute atomic E-state index is 12.8. The highest BCUT2D eigenvalue weighted by molar-refractivity contribution is 5.99. The summed E-state index contributed by atoms with van der Waals surface area (Å²) < 4.78 is 0. The molecule has 10 N–H and O–H groups in total. The zero-order valence-corrected chi connectivity index (χ0v) is 20.8. The van der Waals surface area contributed by atoms with Crippen molar-refractivity contribution in [3.05, 3.63) is 35.4 Å². The quantitative estimate of drug-likeness (QED) is 0.106. The van der Waals surface area contributed by atoms with Crippen LogP contribution in [0, 0.1) is 0 Å². The lowest BCUT2D eigenvalue weighted by Crippen LogP contribution is -2.55. The Morgan fingerprint density at radius 1 is 0.974 bits per heavy atom. The molecule has 1 aromatic rings. The maximum Gasteiger partial charge on any atom is 0.305 e. The summed E-state index contributed by atoms with van der Waals surface area (Å²) in [6.45, 7) is 0.980. The second-order valence-electron chi connectivity index (χ2n) is 8.56. The number of nitrogens with zero attached hydrogens (tertiary/aromatic N) is 1. The van der Waals surface area contributed by atoms with Crippen LogP contribution >= 0.6 is 0 Å². The molecule has 0 saturated heterocycles. The molecule has 3 atom stereocenters. The Balaban J connectivity index is 2.30. The first-order valence-corrected chi connectivity index (χ1v) is 11.8. The summed E-state index contributed by atoms with van der Waals surface area (Å²) >= 11 is 0. The number of hydrogen-bond donors (Lipinski definition) is 8. The lowest BCUT2D eigenvalue weighted by molar-refractivity contribution is -0.140. The van der Waals surface area contributed by atoms with Gasteiger partial charge in [-0.3, -0.25) is 33.8 Å². The molecule has 1 aliphatic heterocycles. The van der Waals surface area contributed by atoms with Gasteiger partial charge < -0.3 is 43.2 Å². The Hall–Kier alpha value is -4.69. The topological polar surface area (TPSA) is 247 Å². The number of carboxylic acids is 1. The Morgan fingerprint density at radius 2 is 1.66 bits per heavy atom. The van der Waals surface area contributed by atoms with Crippen LogP contribution in [0.5, 0.6) is 0 Å². The number of nitrogens with one attached hydrogen (secondary N) is 5. The fraction of sp³-hybridized carbons (Fsp3) is 0.435. The highest BCUT2D eigenvalue weighted by Gasteiger charge is 2.27. The van der Waals surface area contributed by atoms with Crippen LogP contribution in [0.2, 0.25) is 0 Å². The van der Waals surface area contributed by atoms with Gasteiger partial charge in [0, 0.05) is 18.7 Å². The molecule has 0 spiro atoms. The second kappa shape index (κ2) is 14.2. The number of benzene rings is 1. The zero-order valence-electron chi connectivity index (χ0n) is 20.8. The minimum atomic E-state index is -1.42. The second-order valence-corrected chi connectivity index (χ2v) is 8.56. The number of rotatable bonds is 6. The minimum absolute atomic E-state index is 0.0553. The van der Waals surface area contributed by atoms with E-state index in [1.54, 1.807) is 12.1 Å². The molecule has 2 bridgehead atoms. The summed E-state index contributed by atoms with van der Waals surface area (Å²) in [6, 6.07) is 2.68. The number of carboxylic acid groups (broad SMARTS) is 1. The molecule has 5 amide bonds. The first kappa shape index (κ1) is 29.5. The molecular formula is C23H32N8O7. The Bertz CT molecular complexity index is 1100. The van der Waals surface area contributed by atoms with E-state index in [1.165, 1.54) is 19.1 Å². The summed E-state index contributed by atoms with van der Waals surface area (Å²) in [4.78, 5) is 78.3. The van der Waals surface area contributed by atoms with Gasteiger partial charge in [-0.15, -0.1) is 0 Å². The molecule has 0 aliphatic carbocycles. The van der Waals surface area contributed by atoms with E-state index >= 15 is 0 Å². The highest BCUT2D eigenvalue weighted by Crippen LogP contribution is 2.07. The molecule has 206 valence electrons.